The first-order valence-corrected chi connectivity index (χ1v) is 7.79. The highest BCUT2D eigenvalue weighted by atomic mass is 16.6. The fourth-order valence-electron chi connectivity index (χ4n) is 1.40. The van der Waals surface area contributed by atoms with Crippen molar-refractivity contribution >= 4 is 18.5 Å². The Morgan fingerprint density at radius 1 is 0.833 bits per heavy atom. The molecule has 0 bridgehead atoms. The maximum atomic E-state index is 12.2. The predicted octanol–water partition coefficient (Wildman–Crippen LogP) is 2.39. The molecule has 8 heteroatoms. The minimum absolute atomic E-state index is 0.00526. The summed E-state index contributed by atoms with van der Waals surface area (Å²) in [7, 11) is 0. The second-order valence-corrected chi connectivity index (χ2v) is 6.97. The lowest BCUT2D eigenvalue weighted by Gasteiger charge is -2.28. The molecule has 0 unspecified atom stereocenters. The molecule has 0 rings (SSSR count). The van der Waals surface area contributed by atoms with Crippen molar-refractivity contribution in [3.8, 4) is 0 Å². The summed E-state index contributed by atoms with van der Waals surface area (Å²) in [6, 6.07) is 0. The third-order valence-corrected chi connectivity index (χ3v) is 2.24. The van der Waals surface area contributed by atoms with Gasteiger partial charge in [0.15, 0.2) is 0 Å². The summed E-state index contributed by atoms with van der Waals surface area (Å²) in [4.78, 5) is 35.3. The average molecular weight is 347 g/mol. The predicted molar refractivity (Wildman–Crippen MR) is 86.9 cm³/mol. The van der Waals surface area contributed by atoms with Crippen LogP contribution in [0.5, 0.6) is 0 Å². The van der Waals surface area contributed by atoms with Gasteiger partial charge < -0.3 is 23.7 Å². The average Bonchev–Trinajstić information content (AvgIpc) is 2.37. The highest BCUT2D eigenvalue weighted by Crippen LogP contribution is 2.14. The van der Waals surface area contributed by atoms with Gasteiger partial charge in [0.05, 0.1) is 26.4 Å². The van der Waals surface area contributed by atoms with Crippen molar-refractivity contribution in [1.29, 1.82) is 0 Å². The van der Waals surface area contributed by atoms with Crippen molar-refractivity contribution < 1.29 is 33.3 Å². The Labute approximate surface area is 143 Å². The van der Waals surface area contributed by atoms with E-state index in [-0.39, 0.29) is 33.0 Å². The highest BCUT2D eigenvalue weighted by molar-refractivity contribution is 5.88. The first-order chi connectivity index (χ1) is 11.0. The summed E-state index contributed by atoms with van der Waals surface area (Å²) in [5.74, 6) is 0. The Morgan fingerprint density at radius 3 is 1.71 bits per heavy atom. The maximum Gasteiger partial charge on any atom is 0.419 e. The normalized spacial score (nSPS) is 11.8. The van der Waals surface area contributed by atoms with E-state index >= 15 is 0 Å². The Balaban J connectivity index is 4.55. The van der Waals surface area contributed by atoms with Gasteiger partial charge in [-0.3, -0.25) is 0 Å². The molecule has 8 nitrogen and oxygen atoms in total. The molecule has 0 saturated heterocycles. The van der Waals surface area contributed by atoms with E-state index in [4.69, 9.17) is 18.9 Å². The summed E-state index contributed by atoms with van der Waals surface area (Å²) in [5.41, 5.74) is -1.47. The number of ether oxygens (including phenoxy) is 4. The van der Waals surface area contributed by atoms with E-state index in [1.165, 1.54) is 0 Å². The van der Waals surface area contributed by atoms with Crippen LogP contribution >= 0.6 is 0 Å². The number of rotatable bonds is 8. The van der Waals surface area contributed by atoms with Crippen LogP contribution in [-0.2, 0) is 23.7 Å². The number of aldehydes is 1. The fourth-order valence-corrected chi connectivity index (χ4v) is 1.40. The Kier molecular flexibility index (Phi) is 9.53. The largest absolute Gasteiger partial charge is 0.443 e. The van der Waals surface area contributed by atoms with Crippen LogP contribution in [0.4, 0.5) is 9.59 Å². The molecular weight excluding hydrogens is 318 g/mol. The molecule has 0 aliphatic heterocycles. The summed E-state index contributed by atoms with van der Waals surface area (Å²) in [5, 5.41) is 0. The van der Waals surface area contributed by atoms with E-state index in [0.29, 0.717) is 6.29 Å². The molecule has 24 heavy (non-hydrogen) atoms. The van der Waals surface area contributed by atoms with Crippen LogP contribution in [-0.4, -0.2) is 67.5 Å². The molecule has 0 atom stereocenters. The molecule has 0 aromatic carbocycles. The smallest absolute Gasteiger partial charge is 0.419 e. The van der Waals surface area contributed by atoms with Crippen molar-refractivity contribution in [2.45, 2.75) is 52.7 Å². The zero-order chi connectivity index (χ0) is 18.8. The van der Waals surface area contributed by atoms with E-state index in [2.05, 4.69) is 0 Å². The molecule has 0 aromatic heterocycles. The van der Waals surface area contributed by atoms with Crippen molar-refractivity contribution in [2.75, 3.05) is 33.0 Å². The molecule has 0 fully saturated rings. The topological polar surface area (TPSA) is 91.4 Å². The van der Waals surface area contributed by atoms with Crippen LogP contribution in [0.1, 0.15) is 41.5 Å². The second kappa shape index (κ2) is 10.2. The van der Waals surface area contributed by atoms with Crippen LogP contribution in [0.25, 0.3) is 0 Å². The van der Waals surface area contributed by atoms with E-state index in [1.54, 1.807) is 41.5 Å². The van der Waals surface area contributed by atoms with Gasteiger partial charge in [-0.2, -0.15) is 0 Å². The molecule has 0 N–H and O–H groups in total. The highest BCUT2D eigenvalue weighted by Gasteiger charge is 2.30. The van der Waals surface area contributed by atoms with Crippen LogP contribution in [0.2, 0.25) is 0 Å². The zero-order valence-corrected chi connectivity index (χ0v) is 15.4. The third-order valence-electron chi connectivity index (χ3n) is 2.24. The molecule has 0 aliphatic rings. The molecular formula is C16H29NO7. The summed E-state index contributed by atoms with van der Waals surface area (Å²) in [6.07, 6.45) is -0.942. The van der Waals surface area contributed by atoms with Crippen LogP contribution in [0, 0.1) is 0 Å². The standard InChI is InChI=1S/C16H29NO7/c1-15(2,3)23-13(19)17(14(20)24-16(4,5)6)7-9-21-11-12-22-10-8-18/h8H,7,9-12H2,1-6H3. The van der Waals surface area contributed by atoms with E-state index < -0.39 is 23.4 Å². The van der Waals surface area contributed by atoms with Crippen molar-refractivity contribution in [2.24, 2.45) is 0 Å². The van der Waals surface area contributed by atoms with Gasteiger partial charge in [-0.25, -0.2) is 14.5 Å². The number of carbonyl (C=O) groups is 3. The fraction of sp³-hybridized carbons (Fsp3) is 0.812. The SMILES string of the molecule is CC(C)(C)OC(=O)N(CCOCCOCC=O)C(=O)OC(C)(C)C. The number of hydrogen-bond donors (Lipinski definition) is 0. The Bertz CT molecular complexity index is 382. The van der Waals surface area contributed by atoms with Crippen molar-refractivity contribution in [1.82, 2.24) is 4.90 Å². The van der Waals surface area contributed by atoms with Gasteiger partial charge in [-0.05, 0) is 41.5 Å². The van der Waals surface area contributed by atoms with Gasteiger partial charge in [0.25, 0.3) is 0 Å². The molecule has 0 radical (unpaired) electrons. The molecule has 0 aliphatic carbocycles. The maximum absolute atomic E-state index is 12.2. The van der Waals surface area contributed by atoms with Crippen molar-refractivity contribution in [3.05, 3.63) is 0 Å². The first-order valence-electron chi connectivity index (χ1n) is 7.79. The molecule has 0 saturated carbocycles. The minimum atomic E-state index is -0.794. The van der Waals surface area contributed by atoms with Gasteiger partial charge in [-0.1, -0.05) is 0 Å². The summed E-state index contributed by atoms with van der Waals surface area (Å²) < 4.78 is 20.6. The van der Waals surface area contributed by atoms with Gasteiger partial charge >= 0.3 is 12.2 Å². The molecule has 140 valence electrons. The van der Waals surface area contributed by atoms with Crippen LogP contribution in [0.3, 0.4) is 0 Å². The van der Waals surface area contributed by atoms with Crippen LogP contribution < -0.4 is 0 Å². The molecule has 0 heterocycles. The first kappa shape index (κ1) is 22.3. The third kappa shape index (κ3) is 11.8. The van der Waals surface area contributed by atoms with Crippen LogP contribution in [0.15, 0.2) is 0 Å². The number of nitrogens with zero attached hydrogens (tertiary/aromatic N) is 1. The molecule has 0 spiro atoms. The summed E-state index contributed by atoms with van der Waals surface area (Å²) >= 11 is 0. The van der Waals surface area contributed by atoms with Gasteiger partial charge in [0.2, 0.25) is 0 Å². The number of hydrogen-bond acceptors (Lipinski definition) is 7. The number of amides is 2. The lowest BCUT2D eigenvalue weighted by Crippen LogP contribution is -2.45. The van der Waals surface area contributed by atoms with Gasteiger partial charge in [0.1, 0.15) is 24.1 Å². The Hall–Kier alpha value is -1.67. The van der Waals surface area contributed by atoms with Gasteiger partial charge in [-0.15, -0.1) is 0 Å². The molecule has 2 amide bonds. The van der Waals surface area contributed by atoms with E-state index in [0.717, 1.165) is 4.90 Å². The lowest BCUT2D eigenvalue weighted by atomic mass is 10.2. The van der Waals surface area contributed by atoms with Gasteiger partial charge in [0, 0.05) is 0 Å². The zero-order valence-electron chi connectivity index (χ0n) is 15.4. The number of imide groups is 1. The van der Waals surface area contributed by atoms with E-state index in [9.17, 15) is 14.4 Å². The van der Waals surface area contributed by atoms with E-state index in [1.807, 2.05) is 0 Å². The second-order valence-electron chi connectivity index (χ2n) is 6.97. The van der Waals surface area contributed by atoms with Crippen molar-refractivity contribution in [3.63, 3.8) is 0 Å². The Morgan fingerprint density at radius 2 is 1.29 bits per heavy atom. The number of carbonyl (C=O) groups excluding carboxylic acids is 3. The quantitative estimate of drug-likeness (QED) is 0.492. The summed E-state index contributed by atoms with van der Waals surface area (Å²) in [6.45, 7) is 10.8. The molecule has 0 aromatic rings. The lowest BCUT2D eigenvalue weighted by molar-refractivity contribution is -0.112. The minimum Gasteiger partial charge on any atom is -0.443 e. The monoisotopic (exact) mass is 347 g/mol.